The average molecular weight is 620 g/mol. The molecule has 12 heteroatoms. The number of carbonyl (C=O) groups excluding carboxylic acids is 1. The van der Waals surface area contributed by atoms with Gasteiger partial charge in [0.15, 0.2) is 0 Å². The number of allylic oxidation sites excluding steroid dienone is 1. The maximum atomic E-state index is 13.2. The molecule has 0 saturated heterocycles. The second kappa shape index (κ2) is 15.7. The highest BCUT2D eigenvalue weighted by Crippen LogP contribution is 2.46. The number of ether oxygens (including phenoxy) is 4. The van der Waals surface area contributed by atoms with Crippen molar-refractivity contribution in [3.63, 3.8) is 0 Å². The summed E-state index contributed by atoms with van der Waals surface area (Å²) < 4.78 is 22.8. The minimum atomic E-state index is -0.243. The van der Waals surface area contributed by atoms with Crippen LogP contribution in [0.3, 0.4) is 0 Å². The fourth-order valence-electron chi connectivity index (χ4n) is 4.45. The van der Waals surface area contributed by atoms with Gasteiger partial charge in [0.25, 0.3) is 5.91 Å². The lowest BCUT2D eigenvalue weighted by Crippen LogP contribution is -2.18. The largest absolute Gasteiger partial charge is 0.476 e. The van der Waals surface area contributed by atoms with Crippen molar-refractivity contribution in [2.45, 2.75) is 12.3 Å². The number of nitrogens with one attached hydrogen (secondary N) is 2. The fourth-order valence-corrected chi connectivity index (χ4v) is 4.81. The summed E-state index contributed by atoms with van der Waals surface area (Å²) in [6, 6.07) is 13.6. The van der Waals surface area contributed by atoms with E-state index in [2.05, 4.69) is 31.7 Å². The number of oxime groups is 1. The van der Waals surface area contributed by atoms with Gasteiger partial charge in [-0.25, -0.2) is 0 Å². The van der Waals surface area contributed by atoms with Crippen LogP contribution in [0.15, 0.2) is 57.8 Å². The zero-order chi connectivity index (χ0) is 28.2. The Morgan fingerprint density at radius 3 is 2.33 bits per heavy atom. The molecule has 216 valence electrons. The van der Waals surface area contributed by atoms with E-state index >= 15 is 0 Å². The fraction of sp³-hybridized carbons (Fsp3) is 0.429. The average Bonchev–Trinajstić information content (AvgIpc) is 3.47. The quantitative estimate of drug-likeness (QED) is 0.0733. The summed E-state index contributed by atoms with van der Waals surface area (Å²) in [6.07, 6.45) is 0.331. The number of aliphatic hydroxyl groups is 2. The number of benzene rings is 2. The lowest BCUT2D eigenvalue weighted by molar-refractivity contribution is -0.110. The van der Waals surface area contributed by atoms with Crippen molar-refractivity contribution in [1.82, 2.24) is 0 Å². The molecular formula is C28H34BrN3O8. The molecule has 0 aliphatic carbocycles. The zero-order valence-corrected chi connectivity index (χ0v) is 23.7. The topological polar surface area (TPSA) is 140 Å². The van der Waals surface area contributed by atoms with Crippen molar-refractivity contribution in [1.29, 1.82) is 0 Å². The second-order valence-corrected chi connectivity index (χ2v) is 9.77. The van der Waals surface area contributed by atoms with Gasteiger partial charge in [0.2, 0.25) is 5.90 Å². The predicted octanol–water partition coefficient (Wildman–Crippen LogP) is 3.09. The summed E-state index contributed by atoms with van der Waals surface area (Å²) in [5.41, 5.74) is 4.83. The number of halogens is 1. The highest BCUT2D eigenvalue weighted by atomic mass is 79.9. The van der Waals surface area contributed by atoms with Crippen molar-refractivity contribution in [3.8, 4) is 0 Å². The van der Waals surface area contributed by atoms with Crippen LogP contribution in [0.2, 0.25) is 0 Å². The first-order chi connectivity index (χ1) is 19.6. The van der Waals surface area contributed by atoms with E-state index in [1.807, 2.05) is 42.5 Å². The molecule has 4 rings (SSSR count). The van der Waals surface area contributed by atoms with Gasteiger partial charge in [-0.3, -0.25) is 4.79 Å². The maximum absolute atomic E-state index is 13.2. The van der Waals surface area contributed by atoms with Crippen molar-refractivity contribution < 1.29 is 38.8 Å². The summed E-state index contributed by atoms with van der Waals surface area (Å²) in [4.78, 5) is 18.7. The summed E-state index contributed by atoms with van der Waals surface area (Å²) in [7, 11) is 0. The second-order valence-electron chi connectivity index (χ2n) is 8.85. The third kappa shape index (κ3) is 8.03. The standard InChI is InChI=1S/C28H34BrN3O8/c29-19-5-6-21-24(17-19)31-28(35)26(21)27-22(20-3-1-2-4-23(20)30-27)18-25(39-15-13-37-10-8-34)32-40-16-14-38-12-11-36-9-7-33/h1-6,17,22,30,33-34H,7-16,18H2,(H,31,35)/b27-26-,32-25?. The SMILES string of the molecule is O=C1Nc2cc(Br)ccc2/C1=C1/Nc2ccccc2C1CC(=NOCCOCCOCCO)OCCOCCO. The Bertz CT molecular complexity index is 1210. The van der Waals surface area contributed by atoms with Gasteiger partial charge >= 0.3 is 0 Å². The van der Waals surface area contributed by atoms with Gasteiger partial charge < -0.3 is 44.6 Å². The van der Waals surface area contributed by atoms with Crippen LogP contribution in [-0.2, 0) is 28.6 Å². The molecule has 0 aromatic heterocycles. The molecule has 2 aromatic carbocycles. The third-order valence-corrected chi connectivity index (χ3v) is 6.65. The van der Waals surface area contributed by atoms with Crippen LogP contribution in [0.5, 0.6) is 0 Å². The Morgan fingerprint density at radius 2 is 1.55 bits per heavy atom. The van der Waals surface area contributed by atoms with Crippen LogP contribution in [0, 0.1) is 0 Å². The number of fused-ring (bicyclic) bond motifs is 2. The first-order valence-electron chi connectivity index (χ1n) is 13.1. The smallest absolute Gasteiger partial charge is 0.258 e. The van der Waals surface area contributed by atoms with E-state index in [1.165, 1.54) is 0 Å². The van der Waals surface area contributed by atoms with E-state index < -0.39 is 0 Å². The molecule has 2 heterocycles. The van der Waals surface area contributed by atoms with Gasteiger partial charge in [-0.1, -0.05) is 45.4 Å². The molecular weight excluding hydrogens is 586 g/mol. The molecule has 4 N–H and O–H groups in total. The monoisotopic (exact) mass is 619 g/mol. The number of anilines is 2. The maximum Gasteiger partial charge on any atom is 0.258 e. The van der Waals surface area contributed by atoms with Crippen LogP contribution in [0.4, 0.5) is 11.4 Å². The summed E-state index contributed by atoms with van der Waals surface area (Å²) in [6.45, 7) is 2.13. The predicted molar refractivity (Wildman–Crippen MR) is 153 cm³/mol. The molecule has 11 nitrogen and oxygen atoms in total. The number of aliphatic hydroxyl groups excluding tert-OH is 2. The number of amides is 1. The Labute approximate surface area is 241 Å². The molecule has 1 unspecified atom stereocenters. The molecule has 1 amide bonds. The number of nitrogens with zero attached hydrogens (tertiary/aromatic N) is 1. The van der Waals surface area contributed by atoms with Gasteiger partial charge in [-0.05, 0) is 23.8 Å². The Balaban J connectivity index is 1.51. The number of para-hydroxylation sites is 1. The normalized spacial score (nSPS) is 17.8. The lowest BCUT2D eigenvalue weighted by atomic mass is 9.91. The number of hydrogen-bond acceptors (Lipinski definition) is 10. The van der Waals surface area contributed by atoms with Crippen molar-refractivity contribution in [2.75, 3.05) is 76.7 Å². The minimum Gasteiger partial charge on any atom is -0.476 e. The Hall–Kier alpha value is -3.00. The third-order valence-electron chi connectivity index (χ3n) is 6.15. The molecule has 0 radical (unpaired) electrons. The van der Waals surface area contributed by atoms with E-state index in [9.17, 15) is 4.79 Å². The molecule has 40 heavy (non-hydrogen) atoms. The van der Waals surface area contributed by atoms with E-state index in [1.54, 1.807) is 0 Å². The lowest BCUT2D eigenvalue weighted by Gasteiger charge is -2.17. The summed E-state index contributed by atoms with van der Waals surface area (Å²) in [5.74, 6) is -0.0799. The van der Waals surface area contributed by atoms with E-state index in [0.717, 1.165) is 32.7 Å². The molecule has 1 atom stereocenters. The number of carbonyl (C=O) groups is 1. The first kappa shape index (κ1) is 30.0. The van der Waals surface area contributed by atoms with Gasteiger partial charge in [0.1, 0.15) is 13.2 Å². The highest BCUT2D eigenvalue weighted by Gasteiger charge is 2.37. The van der Waals surface area contributed by atoms with Crippen LogP contribution >= 0.6 is 15.9 Å². The summed E-state index contributed by atoms with van der Waals surface area (Å²) >= 11 is 3.47. The molecule has 0 saturated carbocycles. The van der Waals surface area contributed by atoms with Gasteiger partial charge in [0.05, 0.1) is 64.1 Å². The van der Waals surface area contributed by atoms with Crippen LogP contribution in [-0.4, -0.2) is 88.1 Å². The van der Waals surface area contributed by atoms with Crippen molar-refractivity contribution in [3.05, 3.63) is 63.8 Å². The summed E-state index contributed by atoms with van der Waals surface area (Å²) in [5, 5.41) is 28.4. The number of rotatable bonds is 16. The molecule has 0 spiro atoms. The van der Waals surface area contributed by atoms with Crippen LogP contribution < -0.4 is 10.6 Å². The zero-order valence-electron chi connectivity index (χ0n) is 22.1. The van der Waals surface area contributed by atoms with Crippen LogP contribution in [0.25, 0.3) is 5.57 Å². The van der Waals surface area contributed by atoms with Gasteiger partial charge in [-0.2, -0.15) is 0 Å². The van der Waals surface area contributed by atoms with E-state index in [0.29, 0.717) is 37.7 Å². The first-order valence-corrected chi connectivity index (χ1v) is 13.9. The Morgan fingerprint density at radius 1 is 0.850 bits per heavy atom. The minimum absolute atomic E-state index is 0.0278. The Kier molecular flexibility index (Phi) is 11.8. The molecule has 2 aliphatic rings. The molecule has 2 aromatic rings. The molecule has 2 aliphatic heterocycles. The molecule has 0 fully saturated rings. The highest BCUT2D eigenvalue weighted by molar-refractivity contribution is 9.10. The van der Waals surface area contributed by atoms with Crippen molar-refractivity contribution in [2.24, 2.45) is 5.16 Å². The van der Waals surface area contributed by atoms with Crippen LogP contribution in [0.1, 0.15) is 23.5 Å². The number of hydrogen-bond donors (Lipinski definition) is 4. The van der Waals surface area contributed by atoms with Crippen molar-refractivity contribution >= 4 is 44.7 Å². The van der Waals surface area contributed by atoms with E-state index in [-0.39, 0.29) is 58.1 Å². The van der Waals surface area contributed by atoms with E-state index in [4.69, 9.17) is 34.0 Å². The molecule has 0 bridgehead atoms. The van der Waals surface area contributed by atoms with Gasteiger partial charge in [0, 0.05) is 33.8 Å². The van der Waals surface area contributed by atoms with Gasteiger partial charge in [-0.15, -0.1) is 0 Å².